The van der Waals surface area contributed by atoms with E-state index in [9.17, 15) is 0 Å². The van der Waals surface area contributed by atoms with Crippen molar-refractivity contribution in [1.29, 1.82) is 0 Å². The molecule has 2 aromatic rings. The van der Waals surface area contributed by atoms with Crippen LogP contribution in [-0.4, -0.2) is 21.0 Å². The third kappa shape index (κ3) is 2.80. The maximum absolute atomic E-state index is 8.81. The molecule has 0 spiro atoms. The second-order valence-corrected chi connectivity index (χ2v) is 5.16. The Labute approximate surface area is 116 Å². The third-order valence-corrected chi connectivity index (χ3v) is 3.73. The fraction of sp³-hybridized carbons (Fsp3) is 0. The number of hydrogen-bond acceptors (Lipinski definition) is 5. The lowest BCUT2D eigenvalue weighted by atomic mass is 10.2. The molecule has 2 rings (SSSR count). The highest BCUT2D eigenvalue weighted by Gasteiger charge is 2.12. The molecule has 18 heavy (non-hydrogen) atoms. The summed E-state index contributed by atoms with van der Waals surface area (Å²) in [5.74, 6) is 0.0499. The summed E-state index contributed by atoms with van der Waals surface area (Å²) >= 11 is 4.78. The van der Waals surface area contributed by atoms with Crippen LogP contribution < -0.4 is 5.73 Å². The Kier molecular flexibility index (Phi) is 4.16. The lowest BCUT2D eigenvalue weighted by Gasteiger charge is -2.09. The van der Waals surface area contributed by atoms with Crippen molar-refractivity contribution < 1.29 is 5.21 Å². The highest BCUT2D eigenvalue weighted by atomic mass is 79.9. The molecule has 3 N–H and O–H groups in total. The van der Waals surface area contributed by atoms with Gasteiger partial charge in [-0.1, -0.05) is 23.0 Å². The molecule has 92 valence electrons. The average Bonchev–Trinajstić information content (AvgIpc) is 2.39. The Bertz CT molecular complexity index is 577. The van der Waals surface area contributed by atoms with Gasteiger partial charge in [-0.05, 0) is 28.1 Å². The summed E-state index contributed by atoms with van der Waals surface area (Å²) in [6.45, 7) is 0. The molecular weight excluding hydrogens is 316 g/mol. The van der Waals surface area contributed by atoms with E-state index in [1.165, 1.54) is 11.8 Å². The van der Waals surface area contributed by atoms with Crippen LogP contribution in [0.3, 0.4) is 0 Å². The van der Waals surface area contributed by atoms with Gasteiger partial charge in [-0.2, -0.15) is 0 Å². The van der Waals surface area contributed by atoms with Crippen molar-refractivity contribution in [1.82, 2.24) is 9.97 Å². The van der Waals surface area contributed by atoms with Crippen molar-refractivity contribution in [3.8, 4) is 0 Å². The summed E-state index contributed by atoms with van der Waals surface area (Å²) in [4.78, 5) is 9.00. The first-order valence-electron chi connectivity index (χ1n) is 4.92. The molecule has 0 fully saturated rings. The normalized spacial score (nSPS) is 11.5. The van der Waals surface area contributed by atoms with Crippen LogP contribution in [0.4, 0.5) is 0 Å². The Balaban J connectivity index is 2.42. The van der Waals surface area contributed by atoms with Gasteiger partial charge in [-0.3, -0.25) is 4.98 Å². The molecule has 0 aliphatic heterocycles. The molecule has 0 amide bonds. The quantitative estimate of drug-likeness (QED) is 0.392. The molecule has 0 bridgehead atoms. The van der Waals surface area contributed by atoms with Gasteiger partial charge >= 0.3 is 0 Å². The molecule has 0 atom stereocenters. The standard InChI is InChI=1S/C11H9BrN4OS/c12-7-2-1-3-8(10(7)11(13)16-17)18-9-6-14-4-5-15-9/h1-6,17H,(H2,13,16). The number of aromatic nitrogens is 2. The predicted octanol–water partition coefficient (Wildman–Crippen LogP) is 2.48. The molecule has 7 heteroatoms. The van der Waals surface area contributed by atoms with Crippen molar-refractivity contribution in [2.45, 2.75) is 9.92 Å². The fourth-order valence-electron chi connectivity index (χ4n) is 1.34. The number of nitrogens with two attached hydrogens (primary N) is 1. The zero-order valence-electron chi connectivity index (χ0n) is 9.12. The van der Waals surface area contributed by atoms with E-state index in [2.05, 4.69) is 31.1 Å². The minimum Gasteiger partial charge on any atom is -0.409 e. The zero-order chi connectivity index (χ0) is 13.0. The molecular formula is C11H9BrN4OS. The summed E-state index contributed by atoms with van der Waals surface area (Å²) in [5.41, 5.74) is 6.31. The van der Waals surface area contributed by atoms with Crippen molar-refractivity contribution in [3.63, 3.8) is 0 Å². The lowest BCUT2D eigenvalue weighted by Crippen LogP contribution is -2.15. The number of hydrogen-bond donors (Lipinski definition) is 2. The van der Waals surface area contributed by atoms with Crippen LogP contribution >= 0.6 is 27.7 Å². The topological polar surface area (TPSA) is 84.4 Å². The second kappa shape index (κ2) is 5.83. The predicted molar refractivity (Wildman–Crippen MR) is 72.8 cm³/mol. The van der Waals surface area contributed by atoms with E-state index in [1.54, 1.807) is 18.6 Å². The van der Waals surface area contributed by atoms with Gasteiger partial charge in [0.1, 0.15) is 5.03 Å². The number of rotatable bonds is 3. The van der Waals surface area contributed by atoms with Gasteiger partial charge < -0.3 is 10.9 Å². The van der Waals surface area contributed by atoms with Gasteiger partial charge in [-0.25, -0.2) is 4.98 Å². The molecule has 1 heterocycles. The van der Waals surface area contributed by atoms with E-state index < -0.39 is 0 Å². The first kappa shape index (κ1) is 12.8. The molecule has 0 aliphatic rings. The van der Waals surface area contributed by atoms with Crippen LogP contribution in [-0.2, 0) is 0 Å². The number of oxime groups is 1. The van der Waals surface area contributed by atoms with Crippen molar-refractivity contribution in [3.05, 3.63) is 46.8 Å². The molecule has 0 unspecified atom stereocenters. The lowest BCUT2D eigenvalue weighted by molar-refractivity contribution is 0.318. The van der Waals surface area contributed by atoms with Gasteiger partial charge in [0.15, 0.2) is 5.84 Å². The van der Waals surface area contributed by atoms with Crippen LogP contribution in [0, 0.1) is 0 Å². The first-order chi connectivity index (χ1) is 8.72. The largest absolute Gasteiger partial charge is 0.409 e. The number of benzene rings is 1. The molecule has 5 nitrogen and oxygen atoms in total. The van der Waals surface area contributed by atoms with E-state index in [0.29, 0.717) is 5.56 Å². The summed E-state index contributed by atoms with van der Waals surface area (Å²) < 4.78 is 0.756. The van der Waals surface area contributed by atoms with Crippen molar-refractivity contribution in [2.75, 3.05) is 0 Å². The number of halogens is 1. The zero-order valence-corrected chi connectivity index (χ0v) is 11.5. The van der Waals surface area contributed by atoms with E-state index in [0.717, 1.165) is 14.4 Å². The maximum Gasteiger partial charge on any atom is 0.172 e. The van der Waals surface area contributed by atoms with E-state index >= 15 is 0 Å². The third-order valence-electron chi connectivity index (χ3n) is 2.09. The van der Waals surface area contributed by atoms with Crippen LogP contribution in [0.2, 0.25) is 0 Å². The minimum atomic E-state index is 0.0499. The van der Waals surface area contributed by atoms with Crippen LogP contribution in [0.25, 0.3) is 0 Å². The number of nitrogens with zero attached hydrogens (tertiary/aromatic N) is 3. The SMILES string of the molecule is N/C(=N/O)c1c(Br)cccc1Sc1cnccn1. The van der Waals surface area contributed by atoms with E-state index in [4.69, 9.17) is 10.9 Å². The van der Waals surface area contributed by atoms with Crippen LogP contribution in [0.15, 0.2) is 56.3 Å². The van der Waals surface area contributed by atoms with Gasteiger partial charge in [0.2, 0.25) is 0 Å². The minimum absolute atomic E-state index is 0.0499. The van der Waals surface area contributed by atoms with Crippen LogP contribution in [0.1, 0.15) is 5.56 Å². The smallest absolute Gasteiger partial charge is 0.172 e. The Morgan fingerprint density at radius 2 is 2.22 bits per heavy atom. The molecule has 1 aromatic carbocycles. The number of amidine groups is 1. The van der Waals surface area contributed by atoms with Gasteiger partial charge in [0.05, 0.1) is 6.20 Å². The highest BCUT2D eigenvalue weighted by Crippen LogP contribution is 2.32. The average molecular weight is 325 g/mol. The van der Waals surface area contributed by atoms with E-state index in [1.807, 2.05) is 18.2 Å². The van der Waals surface area contributed by atoms with E-state index in [-0.39, 0.29) is 5.84 Å². The summed E-state index contributed by atoms with van der Waals surface area (Å²) in [7, 11) is 0. The summed E-state index contributed by atoms with van der Waals surface area (Å²) in [6, 6.07) is 5.57. The monoisotopic (exact) mass is 324 g/mol. The van der Waals surface area contributed by atoms with Crippen LogP contribution in [0.5, 0.6) is 0 Å². The molecule has 0 saturated heterocycles. The first-order valence-corrected chi connectivity index (χ1v) is 6.53. The maximum atomic E-state index is 8.81. The summed E-state index contributed by atoms with van der Waals surface area (Å²) in [6.07, 6.45) is 4.88. The Morgan fingerprint density at radius 1 is 1.39 bits per heavy atom. The van der Waals surface area contributed by atoms with Crippen molar-refractivity contribution >= 4 is 33.5 Å². The highest BCUT2D eigenvalue weighted by molar-refractivity contribution is 9.10. The molecule has 0 saturated carbocycles. The summed E-state index contributed by atoms with van der Waals surface area (Å²) in [5, 5.41) is 12.6. The molecule has 0 radical (unpaired) electrons. The van der Waals surface area contributed by atoms with Crippen molar-refractivity contribution in [2.24, 2.45) is 10.9 Å². The second-order valence-electron chi connectivity index (χ2n) is 3.24. The molecule has 1 aromatic heterocycles. The van der Waals surface area contributed by atoms with Gasteiger partial charge in [0.25, 0.3) is 0 Å². The fourth-order valence-corrected chi connectivity index (χ4v) is 2.95. The molecule has 0 aliphatic carbocycles. The Hall–Kier alpha value is -1.60. The Morgan fingerprint density at radius 3 is 2.89 bits per heavy atom. The van der Waals surface area contributed by atoms with Gasteiger partial charge in [-0.15, -0.1) is 0 Å². The van der Waals surface area contributed by atoms with Gasteiger partial charge in [0, 0.05) is 27.3 Å².